The SMILES string of the molecule is CCNC(=NCC(O)COc1cccc(C(F)(F)F)c1)NCCc1ccccn1. The highest BCUT2D eigenvalue weighted by Gasteiger charge is 2.30. The van der Waals surface area contributed by atoms with Crippen LogP contribution in [-0.2, 0) is 12.6 Å². The van der Waals surface area contributed by atoms with Gasteiger partial charge in [0.15, 0.2) is 5.96 Å². The van der Waals surface area contributed by atoms with Gasteiger partial charge in [-0.1, -0.05) is 12.1 Å². The van der Waals surface area contributed by atoms with E-state index in [9.17, 15) is 18.3 Å². The van der Waals surface area contributed by atoms with Crippen LogP contribution >= 0.6 is 0 Å². The lowest BCUT2D eigenvalue weighted by Gasteiger charge is -2.14. The normalized spacial score (nSPS) is 13.1. The second-order valence-electron chi connectivity index (χ2n) is 6.21. The molecular weight excluding hydrogens is 385 g/mol. The maximum Gasteiger partial charge on any atom is 0.416 e. The predicted octanol–water partition coefficient (Wildman–Crippen LogP) is 2.64. The molecule has 3 N–H and O–H groups in total. The molecule has 29 heavy (non-hydrogen) atoms. The first kappa shape index (κ1) is 22.5. The van der Waals surface area contributed by atoms with Crippen LogP contribution in [0.1, 0.15) is 18.2 Å². The summed E-state index contributed by atoms with van der Waals surface area (Å²) < 4.78 is 43.4. The number of ether oxygens (including phenoxy) is 1. The van der Waals surface area contributed by atoms with Gasteiger partial charge in [0.1, 0.15) is 18.5 Å². The van der Waals surface area contributed by atoms with Crippen molar-refractivity contribution >= 4 is 5.96 Å². The maximum atomic E-state index is 12.7. The number of alkyl halides is 3. The van der Waals surface area contributed by atoms with Crippen molar-refractivity contribution in [2.75, 3.05) is 26.2 Å². The van der Waals surface area contributed by atoms with Crippen molar-refractivity contribution in [3.05, 3.63) is 59.9 Å². The van der Waals surface area contributed by atoms with Gasteiger partial charge >= 0.3 is 6.18 Å². The number of pyridine rings is 1. The summed E-state index contributed by atoms with van der Waals surface area (Å²) in [5.74, 6) is 0.574. The minimum absolute atomic E-state index is 0.0396. The quantitative estimate of drug-likeness (QED) is 0.438. The largest absolute Gasteiger partial charge is 0.491 e. The molecule has 9 heteroatoms. The van der Waals surface area contributed by atoms with Crippen molar-refractivity contribution < 1.29 is 23.0 Å². The van der Waals surface area contributed by atoms with E-state index in [1.807, 2.05) is 25.1 Å². The lowest BCUT2D eigenvalue weighted by Crippen LogP contribution is -2.39. The molecular formula is C20H25F3N4O2. The second-order valence-corrected chi connectivity index (χ2v) is 6.21. The number of aromatic nitrogens is 1. The number of aliphatic hydroxyl groups is 1. The van der Waals surface area contributed by atoms with Crippen molar-refractivity contribution in [1.29, 1.82) is 0 Å². The number of nitrogens with zero attached hydrogens (tertiary/aromatic N) is 2. The molecule has 0 saturated carbocycles. The van der Waals surface area contributed by atoms with Gasteiger partial charge in [0.25, 0.3) is 0 Å². The molecule has 0 aliphatic carbocycles. The average Bonchev–Trinajstić information content (AvgIpc) is 2.71. The van der Waals surface area contributed by atoms with Gasteiger partial charge in [-0.3, -0.25) is 9.98 Å². The summed E-state index contributed by atoms with van der Waals surface area (Å²) in [6.45, 7) is 3.05. The van der Waals surface area contributed by atoms with Crippen LogP contribution in [0.4, 0.5) is 13.2 Å². The van der Waals surface area contributed by atoms with Crippen molar-refractivity contribution in [3.63, 3.8) is 0 Å². The monoisotopic (exact) mass is 410 g/mol. The Balaban J connectivity index is 1.80. The molecule has 0 aliphatic rings. The van der Waals surface area contributed by atoms with Gasteiger partial charge in [-0.15, -0.1) is 0 Å². The second kappa shape index (κ2) is 11.3. The van der Waals surface area contributed by atoms with E-state index in [4.69, 9.17) is 4.74 Å². The van der Waals surface area contributed by atoms with Gasteiger partial charge in [0.2, 0.25) is 0 Å². The zero-order valence-corrected chi connectivity index (χ0v) is 16.1. The van der Waals surface area contributed by atoms with E-state index >= 15 is 0 Å². The zero-order chi connectivity index (χ0) is 21.1. The molecule has 1 aromatic carbocycles. The highest BCUT2D eigenvalue weighted by atomic mass is 19.4. The lowest BCUT2D eigenvalue weighted by molar-refractivity contribution is -0.137. The van der Waals surface area contributed by atoms with E-state index in [-0.39, 0.29) is 18.9 Å². The molecule has 1 atom stereocenters. The molecule has 2 aromatic rings. The first-order chi connectivity index (χ1) is 13.9. The minimum atomic E-state index is -4.44. The van der Waals surface area contributed by atoms with Gasteiger partial charge < -0.3 is 20.5 Å². The molecule has 2 rings (SSSR count). The standard InChI is InChI=1S/C20H25F3N4O2/c1-2-24-19(26-11-9-16-7-3-4-10-25-16)27-13-17(28)14-29-18-8-5-6-15(12-18)20(21,22)23/h3-8,10,12,17,28H,2,9,11,13-14H2,1H3,(H2,24,26,27). The van der Waals surface area contributed by atoms with Crippen LogP contribution in [0.15, 0.2) is 53.7 Å². The molecule has 0 spiro atoms. The Labute approximate surface area is 167 Å². The summed E-state index contributed by atoms with van der Waals surface area (Å²) in [6, 6.07) is 10.2. The number of halogens is 3. The van der Waals surface area contributed by atoms with Crippen LogP contribution in [0.25, 0.3) is 0 Å². The van der Waals surface area contributed by atoms with E-state index in [0.29, 0.717) is 25.5 Å². The fourth-order valence-corrected chi connectivity index (χ4v) is 2.40. The van der Waals surface area contributed by atoms with Gasteiger partial charge in [0.05, 0.1) is 12.1 Å². The fraction of sp³-hybridized carbons (Fsp3) is 0.400. The number of guanidine groups is 1. The van der Waals surface area contributed by atoms with Gasteiger partial charge in [-0.2, -0.15) is 13.2 Å². The maximum absolute atomic E-state index is 12.7. The van der Waals surface area contributed by atoms with E-state index in [2.05, 4.69) is 20.6 Å². The Morgan fingerprint density at radius 3 is 2.72 bits per heavy atom. The highest BCUT2D eigenvalue weighted by molar-refractivity contribution is 5.79. The van der Waals surface area contributed by atoms with Crippen LogP contribution in [0.5, 0.6) is 5.75 Å². The van der Waals surface area contributed by atoms with Crippen molar-refractivity contribution in [2.24, 2.45) is 4.99 Å². The van der Waals surface area contributed by atoms with Crippen LogP contribution in [0.3, 0.4) is 0 Å². The smallest absolute Gasteiger partial charge is 0.416 e. The number of rotatable bonds is 9. The van der Waals surface area contributed by atoms with E-state index in [1.54, 1.807) is 6.20 Å². The summed E-state index contributed by atoms with van der Waals surface area (Å²) in [7, 11) is 0. The minimum Gasteiger partial charge on any atom is -0.491 e. The van der Waals surface area contributed by atoms with Crippen molar-refractivity contribution in [1.82, 2.24) is 15.6 Å². The van der Waals surface area contributed by atoms with Crippen LogP contribution < -0.4 is 15.4 Å². The Morgan fingerprint density at radius 1 is 1.21 bits per heavy atom. The Bertz CT molecular complexity index is 770. The van der Waals surface area contributed by atoms with Crippen LogP contribution in [0, 0.1) is 0 Å². The number of aliphatic hydroxyl groups excluding tert-OH is 1. The Hall–Kier alpha value is -2.81. The molecule has 1 unspecified atom stereocenters. The zero-order valence-electron chi connectivity index (χ0n) is 16.1. The van der Waals surface area contributed by atoms with Crippen LogP contribution in [-0.4, -0.2) is 48.4 Å². The number of nitrogens with one attached hydrogen (secondary N) is 2. The molecule has 0 saturated heterocycles. The third-order valence-corrected chi connectivity index (χ3v) is 3.81. The number of hydrogen-bond acceptors (Lipinski definition) is 4. The summed E-state index contributed by atoms with van der Waals surface area (Å²) >= 11 is 0. The van der Waals surface area contributed by atoms with E-state index in [0.717, 1.165) is 17.8 Å². The lowest BCUT2D eigenvalue weighted by atomic mass is 10.2. The molecule has 158 valence electrons. The first-order valence-electron chi connectivity index (χ1n) is 9.28. The van der Waals surface area contributed by atoms with Crippen molar-refractivity contribution in [2.45, 2.75) is 25.6 Å². The number of benzene rings is 1. The molecule has 0 bridgehead atoms. The van der Waals surface area contributed by atoms with Gasteiger partial charge in [-0.25, -0.2) is 0 Å². The summed E-state index contributed by atoms with van der Waals surface area (Å²) in [5.41, 5.74) is 0.152. The molecule has 0 aliphatic heterocycles. The molecule has 0 fully saturated rings. The highest BCUT2D eigenvalue weighted by Crippen LogP contribution is 2.31. The Kier molecular flexibility index (Phi) is 8.72. The van der Waals surface area contributed by atoms with Gasteiger partial charge in [0, 0.05) is 31.4 Å². The van der Waals surface area contributed by atoms with Gasteiger partial charge in [-0.05, 0) is 37.3 Å². The third-order valence-electron chi connectivity index (χ3n) is 3.81. The molecule has 6 nitrogen and oxygen atoms in total. The Morgan fingerprint density at radius 2 is 2.03 bits per heavy atom. The van der Waals surface area contributed by atoms with Crippen molar-refractivity contribution in [3.8, 4) is 5.75 Å². The first-order valence-corrected chi connectivity index (χ1v) is 9.28. The summed E-state index contributed by atoms with van der Waals surface area (Å²) in [6.07, 6.45) is -2.96. The summed E-state index contributed by atoms with van der Waals surface area (Å²) in [5, 5.41) is 16.2. The molecule has 0 radical (unpaired) electrons. The number of hydrogen-bond donors (Lipinski definition) is 3. The average molecular weight is 410 g/mol. The predicted molar refractivity (Wildman–Crippen MR) is 105 cm³/mol. The number of aliphatic imine (C=N–C) groups is 1. The fourth-order valence-electron chi connectivity index (χ4n) is 2.40. The van der Waals surface area contributed by atoms with E-state index < -0.39 is 17.8 Å². The third kappa shape index (κ3) is 8.39. The summed E-state index contributed by atoms with van der Waals surface area (Å²) in [4.78, 5) is 8.52. The van der Waals surface area contributed by atoms with Crippen LogP contribution in [0.2, 0.25) is 0 Å². The molecule has 0 amide bonds. The topological polar surface area (TPSA) is 78.8 Å². The van der Waals surface area contributed by atoms with E-state index in [1.165, 1.54) is 12.1 Å². The molecule has 1 aromatic heterocycles. The molecule has 1 heterocycles.